The van der Waals surface area contributed by atoms with Crippen molar-refractivity contribution in [2.75, 3.05) is 30.7 Å². The van der Waals surface area contributed by atoms with Crippen molar-refractivity contribution in [2.24, 2.45) is 5.84 Å². The summed E-state index contributed by atoms with van der Waals surface area (Å²) < 4.78 is 5.16. The molecule has 0 saturated carbocycles. The second kappa shape index (κ2) is 7.14. The summed E-state index contributed by atoms with van der Waals surface area (Å²) >= 11 is 1.48. The van der Waals surface area contributed by atoms with Crippen LogP contribution < -0.4 is 20.9 Å². The molecule has 3 N–H and O–H groups in total. The zero-order valence-corrected chi connectivity index (χ0v) is 13.1. The molecular weight excluding hydrogens is 286 g/mol. The molecule has 0 spiro atoms. The van der Waals surface area contributed by atoms with E-state index in [4.69, 9.17) is 10.6 Å². The van der Waals surface area contributed by atoms with E-state index >= 15 is 0 Å². The average Bonchev–Trinajstić information content (AvgIpc) is 2.54. The SMILES string of the molecule is COc1ccc(CN(C)c2cc(NN)nc(SC)n2)cc1. The van der Waals surface area contributed by atoms with Gasteiger partial charge in [0.2, 0.25) is 0 Å². The van der Waals surface area contributed by atoms with Crippen molar-refractivity contribution in [3.8, 4) is 5.75 Å². The maximum atomic E-state index is 5.45. The fourth-order valence-corrected chi connectivity index (χ4v) is 2.23. The van der Waals surface area contributed by atoms with Crippen molar-refractivity contribution >= 4 is 23.4 Å². The van der Waals surface area contributed by atoms with Crippen LogP contribution in [0.2, 0.25) is 0 Å². The van der Waals surface area contributed by atoms with Gasteiger partial charge in [0.15, 0.2) is 5.16 Å². The van der Waals surface area contributed by atoms with Gasteiger partial charge in [-0.1, -0.05) is 23.9 Å². The van der Waals surface area contributed by atoms with E-state index in [1.54, 1.807) is 7.11 Å². The number of methoxy groups -OCH3 is 1. The summed E-state index contributed by atoms with van der Waals surface area (Å²) in [6.45, 7) is 0.735. The molecule has 1 aromatic carbocycles. The van der Waals surface area contributed by atoms with Crippen LogP contribution in [0.3, 0.4) is 0 Å². The summed E-state index contributed by atoms with van der Waals surface area (Å²) in [7, 11) is 3.64. The normalized spacial score (nSPS) is 10.3. The molecule has 21 heavy (non-hydrogen) atoms. The van der Waals surface area contributed by atoms with E-state index in [1.165, 1.54) is 17.3 Å². The molecule has 112 valence electrons. The molecule has 1 aromatic heterocycles. The second-order valence-corrected chi connectivity index (χ2v) is 5.22. The summed E-state index contributed by atoms with van der Waals surface area (Å²) in [5, 5.41) is 0.682. The van der Waals surface area contributed by atoms with Crippen molar-refractivity contribution in [2.45, 2.75) is 11.7 Å². The number of ether oxygens (including phenoxy) is 1. The van der Waals surface area contributed by atoms with Crippen molar-refractivity contribution < 1.29 is 4.74 Å². The van der Waals surface area contributed by atoms with Crippen LogP contribution >= 0.6 is 11.8 Å². The number of nitrogen functional groups attached to an aromatic ring is 1. The van der Waals surface area contributed by atoms with Gasteiger partial charge in [0.1, 0.15) is 17.4 Å². The summed E-state index contributed by atoms with van der Waals surface area (Å²) in [5.74, 6) is 7.72. The van der Waals surface area contributed by atoms with E-state index in [-0.39, 0.29) is 0 Å². The number of hydrazine groups is 1. The summed E-state index contributed by atoms with van der Waals surface area (Å²) in [6.07, 6.45) is 1.93. The Morgan fingerprint density at radius 2 is 2.00 bits per heavy atom. The van der Waals surface area contributed by atoms with Crippen LogP contribution in [0.25, 0.3) is 0 Å². The predicted molar refractivity (Wildman–Crippen MR) is 86.7 cm³/mol. The maximum absolute atomic E-state index is 5.45. The Bertz CT molecular complexity index is 568. The molecule has 0 aliphatic heterocycles. The Hall–Kier alpha value is -1.99. The predicted octanol–water partition coefficient (Wildman–Crippen LogP) is 2.13. The molecule has 2 aromatic rings. The first-order valence-electron chi connectivity index (χ1n) is 6.40. The first kappa shape index (κ1) is 15.4. The van der Waals surface area contributed by atoms with E-state index in [0.717, 1.165) is 18.1 Å². The first-order valence-corrected chi connectivity index (χ1v) is 7.62. The van der Waals surface area contributed by atoms with Gasteiger partial charge in [0, 0.05) is 19.7 Å². The smallest absolute Gasteiger partial charge is 0.191 e. The van der Waals surface area contributed by atoms with E-state index < -0.39 is 0 Å². The molecule has 1 heterocycles. The number of rotatable bonds is 6. The molecule has 7 heteroatoms. The van der Waals surface area contributed by atoms with E-state index in [0.29, 0.717) is 11.0 Å². The topological polar surface area (TPSA) is 76.3 Å². The minimum absolute atomic E-state index is 0.603. The van der Waals surface area contributed by atoms with Crippen LogP contribution in [0.4, 0.5) is 11.6 Å². The van der Waals surface area contributed by atoms with Gasteiger partial charge in [-0.25, -0.2) is 15.8 Å². The number of hydrogen-bond donors (Lipinski definition) is 2. The van der Waals surface area contributed by atoms with Gasteiger partial charge in [-0.3, -0.25) is 0 Å². The zero-order chi connectivity index (χ0) is 15.2. The number of anilines is 2. The maximum Gasteiger partial charge on any atom is 0.191 e. The lowest BCUT2D eigenvalue weighted by Crippen LogP contribution is -2.19. The fraction of sp³-hybridized carbons (Fsp3) is 0.286. The quantitative estimate of drug-likeness (QED) is 0.366. The minimum atomic E-state index is 0.603. The standard InChI is InChI=1S/C14H19N5OS/c1-19(9-10-4-6-11(20-2)7-5-10)13-8-12(18-15)16-14(17-13)21-3/h4-8H,9,15H2,1-3H3,(H,16,17,18). The fourth-order valence-electron chi connectivity index (χ4n) is 1.86. The highest BCUT2D eigenvalue weighted by molar-refractivity contribution is 7.98. The van der Waals surface area contributed by atoms with Gasteiger partial charge in [-0.05, 0) is 24.0 Å². The molecule has 2 rings (SSSR count). The van der Waals surface area contributed by atoms with Gasteiger partial charge in [0.05, 0.1) is 7.11 Å². The Labute approximate surface area is 128 Å². The number of hydrogen-bond acceptors (Lipinski definition) is 7. The molecule has 0 aliphatic rings. The highest BCUT2D eigenvalue weighted by Gasteiger charge is 2.08. The van der Waals surface area contributed by atoms with Crippen LogP contribution in [0.15, 0.2) is 35.5 Å². The van der Waals surface area contributed by atoms with Crippen molar-refractivity contribution in [3.63, 3.8) is 0 Å². The van der Waals surface area contributed by atoms with Crippen molar-refractivity contribution in [1.82, 2.24) is 9.97 Å². The molecule has 0 aliphatic carbocycles. The monoisotopic (exact) mass is 305 g/mol. The van der Waals surface area contributed by atoms with Crippen LogP contribution in [-0.4, -0.2) is 30.4 Å². The lowest BCUT2D eigenvalue weighted by atomic mass is 10.2. The van der Waals surface area contributed by atoms with Crippen LogP contribution in [0.5, 0.6) is 5.75 Å². The molecule has 0 radical (unpaired) electrons. The molecule has 0 saturated heterocycles. The number of thioether (sulfide) groups is 1. The third-order valence-electron chi connectivity index (χ3n) is 2.99. The number of aromatic nitrogens is 2. The average molecular weight is 305 g/mol. The van der Waals surface area contributed by atoms with Gasteiger partial charge in [-0.15, -0.1) is 0 Å². The van der Waals surface area contributed by atoms with Crippen LogP contribution in [0.1, 0.15) is 5.56 Å². The number of nitrogens with zero attached hydrogens (tertiary/aromatic N) is 3. The Morgan fingerprint density at radius 3 is 2.57 bits per heavy atom. The van der Waals surface area contributed by atoms with Crippen LogP contribution in [0, 0.1) is 0 Å². The molecule has 0 fully saturated rings. The zero-order valence-electron chi connectivity index (χ0n) is 12.3. The van der Waals surface area contributed by atoms with E-state index in [2.05, 4.69) is 15.4 Å². The lowest BCUT2D eigenvalue weighted by Gasteiger charge is -2.19. The first-order chi connectivity index (χ1) is 10.2. The molecule has 0 bridgehead atoms. The third kappa shape index (κ3) is 3.99. The Balaban J connectivity index is 2.16. The number of nitrogens with two attached hydrogens (primary N) is 1. The minimum Gasteiger partial charge on any atom is -0.497 e. The summed E-state index contributed by atoms with van der Waals surface area (Å²) in [4.78, 5) is 10.8. The Morgan fingerprint density at radius 1 is 1.29 bits per heavy atom. The molecule has 0 atom stereocenters. The van der Waals surface area contributed by atoms with Crippen molar-refractivity contribution in [1.29, 1.82) is 0 Å². The third-order valence-corrected chi connectivity index (χ3v) is 3.54. The van der Waals surface area contributed by atoms with E-state index in [1.807, 2.05) is 48.5 Å². The van der Waals surface area contributed by atoms with Gasteiger partial charge in [-0.2, -0.15) is 0 Å². The number of benzene rings is 1. The van der Waals surface area contributed by atoms with Gasteiger partial charge in [0.25, 0.3) is 0 Å². The summed E-state index contributed by atoms with van der Waals surface area (Å²) in [5.41, 5.74) is 3.74. The molecule has 0 amide bonds. The van der Waals surface area contributed by atoms with Gasteiger partial charge >= 0.3 is 0 Å². The summed E-state index contributed by atoms with van der Waals surface area (Å²) in [6, 6.07) is 9.79. The molecular formula is C14H19N5OS. The highest BCUT2D eigenvalue weighted by atomic mass is 32.2. The highest BCUT2D eigenvalue weighted by Crippen LogP contribution is 2.21. The van der Waals surface area contributed by atoms with E-state index in [9.17, 15) is 0 Å². The molecule has 0 unspecified atom stereocenters. The second-order valence-electron chi connectivity index (χ2n) is 4.45. The number of nitrogens with one attached hydrogen (secondary N) is 1. The van der Waals surface area contributed by atoms with Crippen LogP contribution in [-0.2, 0) is 6.54 Å². The van der Waals surface area contributed by atoms with Crippen molar-refractivity contribution in [3.05, 3.63) is 35.9 Å². The largest absolute Gasteiger partial charge is 0.497 e. The molecule has 6 nitrogen and oxygen atoms in total. The van der Waals surface area contributed by atoms with Gasteiger partial charge < -0.3 is 15.1 Å². The lowest BCUT2D eigenvalue weighted by molar-refractivity contribution is 0.414. The Kier molecular flexibility index (Phi) is 5.24.